The maximum absolute atomic E-state index is 13.8. The minimum absolute atomic E-state index is 0.132. The summed E-state index contributed by atoms with van der Waals surface area (Å²) in [6.45, 7) is 5.13. The maximum atomic E-state index is 13.8. The minimum atomic E-state index is -3.67. The fourth-order valence-electron chi connectivity index (χ4n) is 6.74. The van der Waals surface area contributed by atoms with Crippen molar-refractivity contribution in [3.8, 4) is 11.1 Å². The van der Waals surface area contributed by atoms with E-state index in [0.717, 1.165) is 21.4 Å². The zero-order valence-corrected chi connectivity index (χ0v) is 30.2. The second-order valence-electron chi connectivity index (χ2n) is 13.0. The van der Waals surface area contributed by atoms with Crippen LogP contribution in [0, 0.1) is 10.1 Å². The van der Waals surface area contributed by atoms with E-state index in [2.05, 4.69) is 20.6 Å². The minimum Gasteiger partial charge on any atom is -0.313 e. The molecule has 4 aromatic carbocycles. The number of hydrogen-bond acceptors (Lipinski definition) is 12. The summed E-state index contributed by atoms with van der Waals surface area (Å²) in [5.41, 5.74) is 2.71. The van der Waals surface area contributed by atoms with Crippen LogP contribution in [0.25, 0.3) is 32.7 Å². The molecule has 3 heterocycles. The highest BCUT2D eigenvalue weighted by molar-refractivity contribution is 7.85. The van der Waals surface area contributed by atoms with E-state index in [1.54, 1.807) is 49.6 Å². The molecule has 16 nitrogen and oxygen atoms in total. The van der Waals surface area contributed by atoms with Crippen molar-refractivity contribution in [3.63, 3.8) is 0 Å². The van der Waals surface area contributed by atoms with Crippen LogP contribution in [0.15, 0.2) is 79.4 Å². The van der Waals surface area contributed by atoms with Gasteiger partial charge in [0.25, 0.3) is 39.4 Å². The van der Waals surface area contributed by atoms with Gasteiger partial charge in [0.15, 0.2) is 0 Å². The van der Waals surface area contributed by atoms with Gasteiger partial charge < -0.3 is 10.6 Å². The van der Waals surface area contributed by atoms with E-state index in [0.29, 0.717) is 58.7 Å². The van der Waals surface area contributed by atoms with Gasteiger partial charge in [-0.25, -0.2) is 9.97 Å². The summed E-state index contributed by atoms with van der Waals surface area (Å²) >= 11 is 0. The van der Waals surface area contributed by atoms with E-state index in [1.807, 2.05) is 25.1 Å². The van der Waals surface area contributed by atoms with E-state index in [1.165, 1.54) is 23.4 Å². The number of nitrogens with one attached hydrogen (secondary N) is 2. The highest BCUT2D eigenvalue weighted by atomic mass is 32.2. The lowest BCUT2D eigenvalue weighted by Gasteiger charge is -2.32. The SMILES string of the molecule is CS(=O)(=O)O.C[C@@H](CNCCNC[C@H](C)N1C(=O)c2cccc3cc([N+](=O)[O-])cc(c23)C1=O)N1C(=O)c2cccc3cc(-c4cncnc4)cc(c23)C1=O. The number of nitro groups is 1. The number of nitrogens with zero attached hydrogens (tertiary/aromatic N) is 5. The lowest BCUT2D eigenvalue weighted by molar-refractivity contribution is -0.384. The van der Waals surface area contributed by atoms with Crippen molar-refractivity contribution >= 4 is 61.0 Å². The first-order valence-electron chi connectivity index (χ1n) is 16.8. The van der Waals surface area contributed by atoms with Crippen LogP contribution in [0.1, 0.15) is 55.3 Å². The van der Waals surface area contributed by atoms with Crippen LogP contribution >= 0.6 is 0 Å². The van der Waals surface area contributed by atoms with Gasteiger partial charge in [0.1, 0.15) is 6.33 Å². The van der Waals surface area contributed by atoms with E-state index in [9.17, 15) is 37.7 Å². The van der Waals surface area contributed by atoms with Crippen LogP contribution in [0.5, 0.6) is 0 Å². The van der Waals surface area contributed by atoms with Crippen molar-refractivity contribution in [2.24, 2.45) is 0 Å². The third kappa shape index (κ3) is 7.56. The number of amides is 4. The Labute approximate surface area is 309 Å². The first kappa shape index (κ1) is 37.7. The Kier molecular flexibility index (Phi) is 10.6. The van der Waals surface area contributed by atoms with Crippen molar-refractivity contribution in [1.29, 1.82) is 0 Å². The van der Waals surface area contributed by atoms with Crippen LogP contribution in [0.4, 0.5) is 5.69 Å². The molecular weight excluding hydrogens is 719 g/mol. The third-order valence-corrected chi connectivity index (χ3v) is 9.08. The highest BCUT2D eigenvalue weighted by Gasteiger charge is 2.38. The smallest absolute Gasteiger partial charge is 0.270 e. The summed E-state index contributed by atoms with van der Waals surface area (Å²) in [6, 6.07) is 15.7. The molecule has 2 aliphatic heterocycles. The maximum Gasteiger partial charge on any atom is 0.270 e. The molecule has 0 fully saturated rings. The van der Waals surface area contributed by atoms with Crippen molar-refractivity contribution < 1.29 is 37.1 Å². The molecule has 17 heteroatoms. The highest BCUT2D eigenvalue weighted by Crippen LogP contribution is 2.36. The molecule has 0 spiro atoms. The van der Waals surface area contributed by atoms with Gasteiger partial charge in [0.2, 0.25) is 0 Å². The van der Waals surface area contributed by atoms with E-state index >= 15 is 0 Å². The Hall–Kier alpha value is -6.01. The van der Waals surface area contributed by atoms with Gasteiger partial charge in [-0.05, 0) is 54.4 Å². The summed E-state index contributed by atoms with van der Waals surface area (Å²) in [5, 5.41) is 20.4. The number of hydrogen-bond donors (Lipinski definition) is 3. The van der Waals surface area contributed by atoms with Crippen LogP contribution in [0.3, 0.4) is 0 Å². The normalized spacial score (nSPS) is 15.0. The number of nitro benzene ring substituents is 1. The third-order valence-electron chi connectivity index (χ3n) is 9.08. The molecule has 4 amide bonds. The number of carbonyl (C=O) groups excluding carboxylic acids is 4. The molecule has 278 valence electrons. The van der Waals surface area contributed by atoms with Crippen molar-refractivity contribution in [1.82, 2.24) is 30.4 Å². The Balaban J connectivity index is 0.000000934. The molecule has 7 rings (SSSR count). The molecule has 3 N–H and O–H groups in total. The van der Waals surface area contributed by atoms with Gasteiger partial charge in [0.05, 0.1) is 16.7 Å². The van der Waals surface area contributed by atoms with Crippen LogP contribution in [-0.2, 0) is 10.1 Å². The van der Waals surface area contributed by atoms with Gasteiger partial charge >= 0.3 is 0 Å². The number of imide groups is 2. The predicted molar refractivity (Wildman–Crippen MR) is 199 cm³/mol. The Morgan fingerprint density at radius 2 is 1.17 bits per heavy atom. The molecule has 2 aliphatic rings. The number of non-ortho nitro benzene ring substituents is 1. The lowest BCUT2D eigenvalue weighted by atomic mass is 9.90. The average Bonchev–Trinajstić information content (AvgIpc) is 3.13. The molecule has 0 saturated carbocycles. The summed E-state index contributed by atoms with van der Waals surface area (Å²) < 4.78 is 25.9. The monoisotopic (exact) mass is 753 g/mol. The van der Waals surface area contributed by atoms with Crippen LogP contribution in [-0.4, -0.2) is 106 Å². The van der Waals surface area contributed by atoms with Crippen LogP contribution < -0.4 is 10.6 Å². The second-order valence-corrected chi connectivity index (χ2v) is 14.5. The Bertz CT molecular complexity index is 2450. The molecule has 0 saturated heterocycles. The molecule has 2 atom stereocenters. The topological polar surface area (TPSA) is 222 Å². The van der Waals surface area contributed by atoms with Crippen molar-refractivity contribution in [2.75, 3.05) is 32.4 Å². The largest absolute Gasteiger partial charge is 0.313 e. The first-order valence-corrected chi connectivity index (χ1v) is 18.6. The number of carbonyl (C=O) groups is 4. The predicted octanol–water partition coefficient (Wildman–Crippen LogP) is 3.71. The fraction of sp³-hybridized carbons (Fsp3) is 0.243. The molecular formula is C37H35N7O9S. The van der Waals surface area contributed by atoms with Gasteiger partial charge in [-0.3, -0.25) is 43.6 Å². The van der Waals surface area contributed by atoms with Crippen LogP contribution in [0.2, 0.25) is 0 Å². The van der Waals surface area contributed by atoms with E-state index in [4.69, 9.17) is 4.55 Å². The van der Waals surface area contributed by atoms with Gasteiger partial charge in [-0.1, -0.05) is 24.3 Å². The second kappa shape index (κ2) is 15.2. The van der Waals surface area contributed by atoms with Crippen molar-refractivity contribution in [2.45, 2.75) is 25.9 Å². The summed E-state index contributed by atoms with van der Waals surface area (Å²) in [4.78, 5) is 75.7. The van der Waals surface area contributed by atoms with E-state index in [-0.39, 0.29) is 29.6 Å². The quantitative estimate of drug-likeness (QED) is 0.0576. The zero-order chi connectivity index (χ0) is 38.9. The average molecular weight is 754 g/mol. The molecule has 1 aromatic heterocycles. The van der Waals surface area contributed by atoms with Gasteiger partial charge in [-0.2, -0.15) is 8.42 Å². The number of rotatable bonds is 11. The molecule has 0 aliphatic carbocycles. The molecule has 0 unspecified atom stereocenters. The summed E-state index contributed by atoms with van der Waals surface area (Å²) in [5.74, 6) is -1.74. The molecule has 5 aromatic rings. The van der Waals surface area contributed by atoms with Crippen molar-refractivity contribution in [3.05, 3.63) is 112 Å². The Morgan fingerprint density at radius 1 is 0.722 bits per heavy atom. The fourth-order valence-corrected chi connectivity index (χ4v) is 6.74. The molecule has 0 bridgehead atoms. The molecule has 0 radical (unpaired) electrons. The van der Waals surface area contributed by atoms with Gasteiger partial charge in [-0.15, -0.1) is 0 Å². The van der Waals surface area contributed by atoms with Gasteiger partial charge in [0, 0.05) is 95.8 Å². The number of aromatic nitrogens is 2. The summed E-state index contributed by atoms with van der Waals surface area (Å²) in [6.07, 6.45) is 5.51. The Morgan fingerprint density at radius 3 is 1.65 bits per heavy atom. The first-order chi connectivity index (χ1) is 25.7. The lowest BCUT2D eigenvalue weighted by Crippen LogP contribution is -2.51. The number of benzene rings is 4. The zero-order valence-electron chi connectivity index (χ0n) is 29.3. The van der Waals surface area contributed by atoms with E-state index < -0.39 is 38.9 Å². The standard InChI is InChI=1S/C36H31N7O6.CH4O3S/c1-20(41-33(44)27-7-3-5-22-11-24(25-17-39-19-40-18-25)13-29(31(22)27)35(41)46)15-37-9-10-38-16-21(2)42-34(45)28-8-4-6-23-12-26(43(48)49)14-30(32(23)28)36(42)47;1-5(2,3)4/h3-8,11-14,17-21,37-38H,9-10,15-16H2,1-2H3;1H3,(H,2,3,4)/t20-,21-;/m0./s1. The summed E-state index contributed by atoms with van der Waals surface area (Å²) in [7, 11) is -3.67. The molecule has 54 heavy (non-hydrogen) atoms.